The summed E-state index contributed by atoms with van der Waals surface area (Å²) in [6.45, 7) is 0. The summed E-state index contributed by atoms with van der Waals surface area (Å²) < 4.78 is 0. The Balaban J connectivity index is 0.000000583. The average molecular weight is 208 g/mol. The summed E-state index contributed by atoms with van der Waals surface area (Å²) in [5.41, 5.74) is 1.18. The SMILES string of the molecule is CNC.O=C([O-])CCCc1ccccc1. The molecule has 1 aromatic carbocycles. The zero-order chi connectivity index (χ0) is 11.5. The molecule has 1 N–H and O–H groups in total. The summed E-state index contributed by atoms with van der Waals surface area (Å²) in [4.78, 5) is 10.1. The molecule has 1 rings (SSSR count). The summed E-state index contributed by atoms with van der Waals surface area (Å²) in [5, 5.41) is 12.8. The third-order valence-corrected chi connectivity index (χ3v) is 1.69. The van der Waals surface area contributed by atoms with Gasteiger partial charge in [-0.3, -0.25) is 0 Å². The van der Waals surface area contributed by atoms with Crippen LogP contribution >= 0.6 is 0 Å². The molecule has 0 bridgehead atoms. The van der Waals surface area contributed by atoms with E-state index in [2.05, 4.69) is 5.32 Å². The maximum atomic E-state index is 10.1. The van der Waals surface area contributed by atoms with Crippen LogP contribution in [0.25, 0.3) is 0 Å². The zero-order valence-electron chi connectivity index (χ0n) is 9.32. The fourth-order valence-electron chi connectivity index (χ4n) is 1.08. The van der Waals surface area contributed by atoms with Crippen molar-refractivity contribution >= 4 is 5.97 Å². The number of hydrogen-bond donors (Lipinski definition) is 1. The number of carboxylic acids is 1. The lowest BCUT2D eigenvalue weighted by atomic mass is 10.1. The molecule has 0 saturated heterocycles. The topological polar surface area (TPSA) is 52.2 Å². The minimum Gasteiger partial charge on any atom is -0.550 e. The summed E-state index contributed by atoms with van der Waals surface area (Å²) >= 11 is 0. The third-order valence-electron chi connectivity index (χ3n) is 1.69. The van der Waals surface area contributed by atoms with Crippen molar-refractivity contribution in [3.05, 3.63) is 35.9 Å². The number of benzene rings is 1. The van der Waals surface area contributed by atoms with E-state index in [1.165, 1.54) is 5.56 Å². The summed E-state index contributed by atoms with van der Waals surface area (Å²) in [6, 6.07) is 9.84. The Morgan fingerprint density at radius 3 is 2.27 bits per heavy atom. The molecule has 0 unspecified atom stereocenters. The molecule has 0 amide bonds. The van der Waals surface area contributed by atoms with Gasteiger partial charge >= 0.3 is 0 Å². The molecule has 0 aliphatic heterocycles. The Hall–Kier alpha value is -1.35. The Morgan fingerprint density at radius 2 is 1.80 bits per heavy atom. The Bertz CT molecular complexity index is 260. The first-order chi connectivity index (χ1) is 7.20. The van der Waals surface area contributed by atoms with Crippen molar-refractivity contribution in [2.45, 2.75) is 19.3 Å². The van der Waals surface area contributed by atoms with E-state index < -0.39 is 5.97 Å². The van der Waals surface area contributed by atoms with Crippen LogP contribution < -0.4 is 10.4 Å². The number of aryl methyl sites for hydroxylation is 1. The van der Waals surface area contributed by atoms with E-state index in [4.69, 9.17) is 0 Å². The van der Waals surface area contributed by atoms with Gasteiger partial charge in [-0.25, -0.2) is 0 Å². The molecule has 0 radical (unpaired) electrons. The highest BCUT2D eigenvalue weighted by atomic mass is 16.4. The third kappa shape index (κ3) is 8.97. The van der Waals surface area contributed by atoms with Gasteiger partial charge in [-0.15, -0.1) is 0 Å². The van der Waals surface area contributed by atoms with E-state index >= 15 is 0 Å². The number of carboxylic acid groups (broad SMARTS) is 1. The van der Waals surface area contributed by atoms with E-state index in [0.29, 0.717) is 6.42 Å². The summed E-state index contributed by atoms with van der Waals surface area (Å²) in [5.74, 6) is -0.967. The van der Waals surface area contributed by atoms with Gasteiger partial charge in [0, 0.05) is 5.97 Å². The van der Waals surface area contributed by atoms with Gasteiger partial charge in [-0.2, -0.15) is 0 Å². The average Bonchev–Trinajstić information content (AvgIpc) is 2.20. The quantitative estimate of drug-likeness (QED) is 0.788. The molecule has 0 atom stereocenters. The van der Waals surface area contributed by atoms with Gasteiger partial charge in [0.25, 0.3) is 0 Å². The smallest absolute Gasteiger partial charge is 0.0414 e. The number of carbonyl (C=O) groups excluding carboxylic acids is 1. The maximum Gasteiger partial charge on any atom is 0.0414 e. The van der Waals surface area contributed by atoms with Crippen molar-refractivity contribution < 1.29 is 9.90 Å². The number of hydrogen-bond acceptors (Lipinski definition) is 3. The highest BCUT2D eigenvalue weighted by Gasteiger charge is 1.91. The zero-order valence-corrected chi connectivity index (χ0v) is 9.32. The van der Waals surface area contributed by atoms with Crippen LogP contribution in [0.2, 0.25) is 0 Å². The van der Waals surface area contributed by atoms with E-state index in [-0.39, 0.29) is 6.42 Å². The van der Waals surface area contributed by atoms with E-state index in [1.807, 2.05) is 44.4 Å². The fraction of sp³-hybridized carbons (Fsp3) is 0.417. The number of aliphatic carboxylic acids is 1. The lowest BCUT2D eigenvalue weighted by molar-refractivity contribution is -0.305. The van der Waals surface area contributed by atoms with Crippen LogP contribution in [0, 0.1) is 0 Å². The van der Waals surface area contributed by atoms with Crippen molar-refractivity contribution in [2.24, 2.45) is 0 Å². The Kier molecular flexibility index (Phi) is 8.39. The molecule has 0 fully saturated rings. The first-order valence-corrected chi connectivity index (χ1v) is 5.03. The predicted molar refractivity (Wildman–Crippen MR) is 59.4 cm³/mol. The van der Waals surface area contributed by atoms with E-state index in [0.717, 1.165) is 6.42 Å². The van der Waals surface area contributed by atoms with E-state index in [1.54, 1.807) is 0 Å². The lowest BCUT2D eigenvalue weighted by Gasteiger charge is -2.01. The summed E-state index contributed by atoms with van der Waals surface area (Å²) in [6.07, 6.45) is 1.62. The molecule has 0 aromatic heterocycles. The molecule has 0 saturated carbocycles. The minimum absolute atomic E-state index is 0.148. The Morgan fingerprint density at radius 1 is 1.27 bits per heavy atom. The first kappa shape index (κ1) is 13.7. The van der Waals surface area contributed by atoms with Gasteiger partial charge < -0.3 is 15.2 Å². The molecule has 0 heterocycles. The van der Waals surface area contributed by atoms with Crippen LogP contribution in [0.1, 0.15) is 18.4 Å². The number of rotatable bonds is 4. The second-order valence-electron chi connectivity index (χ2n) is 3.21. The van der Waals surface area contributed by atoms with Crippen LogP contribution in [-0.2, 0) is 11.2 Å². The van der Waals surface area contributed by atoms with Crippen LogP contribution in [0.5, 0.6) is 0 Å². The van der Waals surface area contributed by atoms with Crippen LogP contribution in [0.15, 0.2) is 30.3 Å². The standard InChI is InChI=1S/C10H12O2.C2H7N/c11-10(12)8-4-7-9-5-2-1-3-6-9;1-3-2/h1-3,5-6H,4,7-8H2,(H,11,12);3H,1-2H3/p-1. The van der Waals surface area contributed by atoms with Crippen molar-refractivity contribution in [1.82, 2.24) is 5.32 Å². The van der Waals surface area contributed by atoms with Crippen molar-refractivity contribution in [2.75, 3.05) is 14.1 Å². The minimum atomic E-state index is -0.967. The van der Waals surface area contributed by atoms with Crippen LogP contribution in [0.4, 0.5) is 0 Å². The van der Waals surface area contributed by atoms with Gasteiger partial charge in [0.1, 0.15) is 0 Å². The maximum absolute atomic E-state index is 10.1. The van der Waals surface area contributed by atoms with Gasteiger partial charge in [0.05, 0.1) is 0 Å². The molecular weight excluding hydrogens is 190 g/mol. The molecular formula is C12H18NO2-. The Labute approximate surface area is 91.1 Å². The lowest BCUT2D eigenvalue weighted by Crippen LogP contribution is -2.21. The number of carbonyl (C=O) groups is 1. The van der Waals surface area contributed by atoms with Gasteiger partial charge in [-0.1, -0.05) is 30.3 Å². The normalized spacial score (nSPS) is 8.93. The fourth-order valence-corrected chi connectivity index (χ4v) is 1.08. The molecule has 15 heavy (non-hydrogen) atoms. The van der Waals surface area contributed by atoms with Gasteiger partial charge in [0.2, 0.25) is 0 Å². The highest BCUT2D eigenvalue weighted by molar-refractivity contribution is 5.64. The van der Waals surface area contributed by atoms with Crippen molar-refractivity contribution in [1.29, 1.82) is 0 Å². The number of nitrogens with one attached hydrogen (secondary N) is 1. The molecule has 3 heteroatoms. The molecule has 0 spiro atoms. The monoisotopic (exact) mass is 208 g/mol. The molecule has 84 valence electrons. The van der Waals surface area contributed by atoms with E-state index in [9.17, 15) is 9.90 Å². The molecule has 3 nitrogen and oxygen atoms in total. The van der Waals surface area contributed by atoms with Crippen LogP contribution in [-0.4, -0.2) is 20.1 Å². The van der Waals surface area contributed by atoms with Gasteiger partial charge in [-0.05, 0) is 38.9 Å². The second-order valence-corrected chi connectivity index (χ2v) is 3.21. The second kappa shape index (κ2) is 9.21. The molecule has 0 aliphatic rings. The molecule has 1 aromatic rings. The van der Waals surface area contributed by atoms with Gasteiger partial charge in [0.15, 0.2) is 0 Å². The van der Waals surface area contributed by atoms with Crippen molar-refractivity contribution in [3.63, 3.8) is 0 Å². The first-order valence-electron chi connectivity index (χ1n) is 5.03. The predicted octanol–water partition coefficient (Wildman–Crippen LogP) is 0.595. The largest absolute Gasteiger partial charge is 0.550 e. The van der Waals surface area contributed by atoms with Crippen molar-refractivity contribution in [3.8, 4) is 0 Å². The molecule has 0 aliphatic carbocycles. The highest BCUT2D eigenvalue weighted by Crippen LogP contribution is 2.03. The van der Waals surface area contributed by atoms with Crippen LogP contribution in [0.3, 0.4) is 0 Å². The summed E-state index contributed by atoms with van der Waals surface area (Å²) in [7, 11) is 3.75.